The lowest BCUT2D eigenvalue weighted by atomic mass is 10.2. The minimum Gasteiger partial charge on any atom is -0.462 e. The van der Waals surface area contributed by atoms with Crippen LogP contribution in [0, 0.1) is 0 Å². The SMILES string of the molecule is CCCCCCOC(=O)c1ccc(NCCCC)cc1. The number of carbonyl (C=O) groups is 1. The van der Waals surface area contributed by atoms with Crippen LogP contribution in [0.15, 0.2) is 24.3 Å². The number of rotatable bonds is 10. The zero-order valence-electron chi connectivity index (χ0n) is 12.8. The van der Waals surface area contributed by atoms with Crippen LogP contribution in [0.3, 0.4) is 0 Å². The van der Waals surface area contributed by atoms with E-state index in [1.165, 1.54) is 19.3 Å². The molecule has 0 aromatic heterocycles. The summed E-state index contributed by atoms with van der Waals surface area (Å²) in [5, 5.41) is 3.33. The number of anilines is 1. The summed E-state index contributed by atoms with van der Waals surface area (Å²) < 4.78 is 5.25. The van der Waals surface area contributed by atoms with Gasteiger partial charge in [0.1, 0.15) is 0 Å². The summed E-state index contributed by atoms with van der Waals surface area (Å²) in [6.45, 7) is 5.83. The van der Waals surface area contributed by atoms with Gasteiger partial charge in [-0.15, -0.1) is 0 Å². The predicted molar refractivity (Wildman–Crippen MR) is 84.3 cm³/mol. The number of benzene rings is 1. The first-order valence-electron chi connectivity index (χ1n) is 7.79. The number of unbranched alkanes of at least 4 members (excludes halogenated alkanes) is 4. The molecule has 112 valence electrons. The summed E-state index contributed by atoms with van der Waals surface area (Å²) in [6.07, 6.45) is 6.81. The molecule has 0 heterocycles. The summed E-state index contributed by atoms with van der Waals surface area (Å²) in [5.41, 5.74) is 1.68. The van der Waals surface area contributed by atoms with Crippen molar-refractivity contribution >= 4 is 11.7 Å². The summed E-state index contributed by atoms with van der Waals surface area (Å²) >= 11 is 0. The van der Waals surface area contributed by atoms with E-state index in [1.54, 1.807) is 0 Å². The van der Waals surface area contributed by atoms with Crippen molar-refractivity contribution in [1.29, 1.82) is 0 Å². The summed E-state index contributed by atoms with van der Waals surface area (Å²) in [5.74, 6) is -0.221. The van der Waals surface area contributed by atoms with E-state index in [0.717, 1.165) is 31.5 Å². The maximum atomic E-state index is 11.8. The Morgan fingerprint density at radius 2 is 1.70 bits per heavy atom. The summed E-state index contributed by atoms with van der Waals surface area (Å²) in [6, 6.07) is 7.51. The Kier molecular flexibility index (Phi) is 8.52. The van der Waals surface area contributed by atoms with Gasteiger partial charge in [-0.1, -0.05) is 39.5 Å². The van der Waals surface area contributed by atoms with Crippen LogP contribution in [0.4, 0.5) is 5.69 Å². The van der Waals surface area contributed by atoms with Gasteiger partial charge in [0.15, 0.2) is 0 Å². The van der Waals surface area contributed by atoms with Gasteiger partial charge >= 0.3 is 5.97 Å². The lowest BCUT2D eigenvalue weighted by molar-refractivity contribution is 0.0498. The number of ether oxygens (including phenoxy) is 1. The highest BCUT2D eigenvalue weighted by Crippen LogP contribution is 2.11. The van der Waals surface area contributed by atoms with E-state index in [2.05, 4.69) is 19.2 Å². The van der Waals surface area contributed by atoms with E-state index < -0.39 is 0 Å². The molecule has 1 aromatic carbocycles. The second-order valence-electron chi connectivity index (χ2n) is 5.05. The second-order valence-corrected chi connectivity index (χ2v) is 5.05. The number of nitrogens with one attached hydrogen (secondary N) is 1. The number of carbonyl (C=O) groups excluding carboxylic acids is 1. The first-order valence-corrected chi connectivity index (χ1v) is 7.79. The van der Waals surface area contributed by atoms with Crippen molar-refractivity contribution in [2.24, 2.45) is 0 Å². The van der Waals surface area contributed by atoms with E-state index in [0.29, 0.717) is 12.2 Å². The molecule has 1 aromatic rings. The highest BCUT2D eigenvalue weighted by molar-refractivity contribution is 5.89. The Bertz CT molecular complexity index is 373. The van der Waals surface area contributed by atoms with Gasteiger partial charge in [0.2, 0.25) is 0 Å². The van der Waals surface area contributed by atoms with Crippen molar-refractivity contribution in [2.45, 2.75) is 52.4 Å². The fourth-order valence-electron chi connectivity index (χ4n) is 1.91. The third kappa shape index (κ3) is 6.60. The third-order valence-electron chi connectivity index (χ3n) is 3.21. The van der Waals surface area contributed by atoms with Crippen LogP contribution in [0.25, 0.3) is 0 Å². The number of hydrogen-bond donors (Lipinski definition) is 1. The molecule has 0 spiro atoms. The van der Waals surface area contributed by atoms with Crippen LogP contribution in [-0.2, 0) is 4.74 Å². The molecule has 1 N–H and O–H groups in total. The van der Waals surface area contributed by atoms with Crippen LogP contribution in [0.2, 0.25) is 0 Å². The molecule has 0 saturated heterocycles. The molecule has 0 fully saturated rings. The topological polar surface area (TPSA) is 38.3 Å². The molecule has 0 bridgehead atoms. The van der Waals surface area contributed by atoms with Crippen molar-refractivity contribution in [2.75, 3.05) is 18.5 Å². The van der Waals surface area contributed by atoms with Crippen molar-refractivity contribution in [3.8, 4) is 0 Å². The molecule has 0 amide bonds. The van der Waals surface area contributed by atoms with E-state index in [-0.39, 0.29) is 5.97 Å². The van der Waals surface area contributed by atoms with Gasteiger partial charge in [-0.2, -0.15) is 0 Å². The fourth-order valence-corrected chi connectivity index (χ4v) is 1.91. The number of hydrogen-bond acceptors (Lipinski definition) is 3. The standard InChI is InChI=1S/C17H27NO2/c1-3-5-7-8-14-20-17(19)15-9-11-16(12-10-15)18-13-6-4-2/h9-12,18H,3-8,13-14H2,1-2H3. The van der Waals surface area contributed by atoms with Crippen LogP contribution >= 0.6 is 0 Å². The second kappa shape index (κ2) is 10.3. The monoisotopic (exact) mass is 277 g/mol. The quantitative estimate of drug-likeness (QED) is 0.500. The Labute approximate surface area is 122 Å². The average molecular weight is 277 g/mol. The van der Waals surface area contributed by atoms with E-state index >= 15 is 0 Å². The van der Waals surface area contributed by atoms with Crippen LogP contribution < -0.4 is 5.32 Å². The molecule has 0 aliphatic rings. The zero-order valence-corrected chi connectivity index (χ0v) is 12.8. The van der Waals surface area contributed by atoms with Crippen LogP contribution in [-0.4, -0.2) is 19.1 Å². The van der Waals surface area contributed by atoms with Gasteiger partial charge in [-0.25, -0.2) is 4.79 Å². The fraction of sp³-hybridized carbons (Fsp3) is 0.588. The van der Waals surface area contributed by atoms with Crippen LogP contribution in [0.5, 0.6) is 0 Å². The summed E-state index contributed by atoms with van der Waals surface area (Å²) in [7, 11) is 0. The molecule has 3 nitrogen and oxygen atoms in total. The molecule has 20 heavy (non-hydrogen) atoms. The van der Waals surface area contributed by atoms with Crippen molar-refractivity contribution in [1.82, 2.24) is 0 Å². The maximum absolute atomic E-state index is 11.8. The van der Waals surface area contributed by atoms with Crippen molar-refractivity contribution < 1.29 is 9.53 Å². The van der Waals surface area contributed by atoms with E-state index in [9.17, 15) is 4.79 Å². The van der Waals surface area contributed by atoms with Gasteiger partial charge in [0.05, 0.1) is 12.2 Å². The van der Waals surface area contributed by atoms with Gasteiger partial charge in [0.25, 0.3) is 0 Å². The Morgan fingerprint density at radius 3 is 2.35 bits per heavy atom. The Hall–Kier alpha value is -1.51. The molecule has 0 aliphatic heterocycles. The molecule has 1 rings (SSSR count). The normalized spacial score (nSPS) is 10.3. The molecule has 3 heteroatoms. The van der Waals surface area contributed by atoms with Crippen molar-refractivity contribution in [3.63, 3.8) is 0 Å². The molecular weight excluding hydrogens is 250 g/mol. The molecule has 0 unspecified atom stereocenters. The van der Waals surface area contributed by atoms with E-state index in [1.807, 2.05) is 24.3 Å². The molecule has 0 radical (unpaired) electrons. The van der Waals surface area contributed by atoms with Gasteiger partial charge in [-0.05, 0) is 37.1 Å². The van der Waals surface area contributed by atoms with Gasteiger partial charge in [-0.3, -0.25) is 0 Å². The molecule has 0 saturated carbocycles. The Morgan fingerprint density at radius 1 is 1.00 bits per heavy atom. The van der Waals surface area contributed by atoms with Gasteiger partial charge in [0, 0.05) is 12.2 Å². The van der Waals surface area contributed by atoms with Gasteiger partial charge < -0.3 is 10.1 Å². The van der Waals surface area contributed by atoms with Crippen molar-refractivity contribution in [3.05, 3.63) is 29.8 Å². The minimum atomic E-state index is -0.221. The van der Waals surface area contributed by atoms with Crippen LogP contribution in [0.1, 0.15) is 62.7 Å². The zero-order chi connectivity index (χ0) is 14.6. The largest absolute Gasteiger partial charge is 0.462 e. The smallest absolute Gasteiger partial charge is 0.338 e. The third-order valence-corrected chi connectivity index (χ3v) is 3.21. The lowest BCUT2D eigenvalue weighted by Crippen LogP contribution is -2.07. The highest BCUT2D eigenvalue weighted by Gasteiger charge is 2.06. The summed E-state index contributed by atoms with van der Waals surface area (Å²) in [4.78, 5) is 11.8. The first-order chi connectivity index (χ1) is 9.77. The molecule has 0 aliphatic carbocycles. The average Bonchev–Trinajstić information content (AvgIpc) is 2.48. The molecular formula is C17H27NO2. The lowest BCUT2D eigenvalue weighted by Gasteiger charge is -2.07. The molecule has 0 atom stereocenters. The highest BCUT2D eigenvalue weighted by atomic mass is 16.5. The Balaban J connectivity index is 2.30. The predicted octanol–water partition coefficient (Wildman–Crippen LogP) is 4.64. The van der Waals surface area contributed by atoms with E-state index in [4.69, 9.17) is 4.74 Å². The first kappa shape index (κ1) is 16.5. The maximum Gasteiger partial charge on any atom is 0.338 e. The number of esters is 1. The minimum absolute atomic E-state index is 0.221.